The monoisotopic (exact) mass is 300 g/mol. The number of aliphatic hydroxyl groups is 1. The molecule has 0 aliphatic rings. The normalized spacial score (nSPS) is 11.9. The lowest BCUT2D eigenvalue weighted by Crippen LogP contribution is -2.21. The van der Waals surface area contributed by atoms with Gasteiger partial charge >= 0.3 is 5.97 Å². The van der Waals surface area contributed by atoms with Gasteiger partial charge in [-0.15, -0.1) is 0 Å². The number of ether oxygens (including phenoxy) is 1. The minimum Gasteiger partial charge on any atom is -0.457 e. The third-order valence-corrected chi connectivity index (χ3v) is 2.72. The molecule has 0 saturated heterocycles. The molecule has 1 unspecified atom stereocenters. The first-order valence-electron chi connectivity index (χ1n) is 5.11. The number of aliphatic hydroxyl groups excluding tert-OH is 1. The largest absolute Gasteiger partial charge is 0.457 e. The van der Waals surface area contributed by atoms with Crippen molar-refractivity contribution in [1.29, 1.82) is 0 Å². The Morgan fingerprint density at radius 3 is 2.47 bits per heavy atom. The molecule has 0 spiro atoms. The van der Waals surface area contributed by atoms with Crippen molar-refractivity contribution in [2.75, 3.05) is 13.2 Å². The van der Waals surface area contributed by atoms with E-state index in [0.29, 0.717) is 5.56 Å². The molecule has 0 saturated carbocycles. The smallest absolute Gasteiger partial charge is 0.311 e. The van der Waals surface area contributed by atoms with Gasteiger partial charge in [-0.2, -0.15) is 0 Å². The molecule has 1 aromatic carbocycles. The molecule has 1 N–H and O–H groups in total. The minimum atomic E-state index is -0.604. The van der Waals surface area contributed by atoms with Crippen LogP contribution in [0.4, 0.5) is 0 Å². The maximum atomic E-state index is 11.6. The van der Waals surface area contributed by atoms with E-state index < -0.39 is 11.9 Å². The zero-order valence-electron chi connectivity index (χ0n) is 9.35. The fourth-order valence-electron chi connectivity index (χ4n) is 1.07. The zero-order valence-corrected chi connectivity index (χ0v) is 10.9. The Hall–Kier alpha value is -1.20. The number of Topliss-reactive ketones (excluding diaryl/α,β-unsaturated/α-hetero) is 1. The Kier molecular flexibility index (Phi) is 5.31. The Labute approximate surface area is 108 Å². The molecule has 0 fully saturated rings. The highest BCUT2D eigenvalue weighted by atomic mass is 79.9. The van der Waals surface area contributed by atoms with E-state index in [1.165, 1.54) is 6.92 Å². The van der Waals surface area contributed by atoms with Gasteiger partial charge in [-0.25, -0.2) is 0 Å². The van der Waals surface area contributed by atoms with E-state index in [9.17, 15) is 9.59 Å². The average molecular weight is 301 g/mol. The van der Waals surface area contributed by atoms with Crippen LogP contribution in [0.5, 0.6) is 0 Å². The van der Waals surface area contributed by atoms with Crippen molar-refractivity contribution >= 4 is 27.7 Å². The second-order valence-corrected chi connectivity index (χ2v) is 4.54. The van der Waals surface area contributed by atoms with Crippen molar-refractivity contribution in [2.45, 2.75) is 6.92 Å². The molecule has 0 heterocycles. The second kappa shape index (κ2) is 6.51. The van der Waals surface area contributed by atoms with Crippen LogP contribution in [0.15, 0.2) is 28.7 Å². The van der Waals surface area contributed by atoms with Gasteiger partial charge in [0, 0.05) is 10.0 Å². The van der Waals surface area contributed by atoms with Crippen LogP contribution in [-0.4, -0.2) is 30.1 Å². The first kappa shape index (κ1) is 13.9. The Morgan fingerprint density at radius 2 is 1.94 bits per heavy atom. The van der Waals surface area contributed by atoms with Crippen molar-refractivity contribution in [1.82, 2.24) is 0 Å². The Balaban J connectivity index is 2.50. The van der Waals surface area contributed by atoms with Crippen molar-refractivity contribution in [2.24, 2.45) is 5.92 Å². The number of rotatable bonds is 5. The molecular weight excluding hydrogens is 288 g/mol. The fraction of sp³-hybridized carbons (Fsp3) is 0.333. The molecule has 92 valence electrons. The van der Waals surface area contributed by atoms with Crippen molar-refractivity contribution in [3.8, 4) is 0 Å². The average Bonchev–Trinajstić information content (AvgIpc) is 2.35. The first-order valence-corrected chi connectivity index (χ1v) is 5.90. The molecule has 0 radical (unpaired) electrons. The Bertz CT molecular complexity index is 399. The summed E-state index contributed by atoms with van der Waals surface area (Å²) in [6.07, 6.45) is 0. The van der Waals surface area contributed by atoms with E-state index in [-0.39, 0.29) is 19.0 Å². The van der Waals surface area contributed by atoms with Gasteiger partial charge in [0.2, 0.25) is 0 Å². The fourth-order valence-corrected chi connectivity index (χ4v) is 1.34. The summed E-state index contributed by atoms with van der Waals surface area (Å²) >= 11 is 3.26. The van der Waals surface area contributed by atoms with Crippen LogP contribution in [0.3, 0.4) is 0 Å². The summed E-state index contributed by atoms with van der Waals surface area (Å²) in [7, 11) is 0. The number of carbonyl (C=O) groups excluding carboxylic acids is 2. The van der Waals surface area contributed by atoms with E-state index >= 15 is 0 Å². The molecule has 0 aliphatic heterocycles. The van der Waals surface area contributed by atoms with E-state index in [1.807, 2.05) is 0 Å². The number of hydrogen-bond acceptors (Lipinski definition) is 4. The van der Waals surface area contributed by atoms with Crippen LogP contribution >= 0.6 is 15.9 Å². The molecule has 0 aromatic heterocycles. The lowest BCUT2D eigenvalue weighted by Gasteiger charge is -2.08. The summed E-state index contributed by atoms with van der Waals surface area (Å²) in [6, 6.07) is 6.78. The van der Waals surface area contributed by atoms with Crippen LogP contribution in [-0.2, 0) is 9.53 Å². The molecule has 5 heteroatoms. The number of esters is 1. The highest BCUT2D eigenvalue weighted by Crippen LogP contribution is 2.11. The van der Waals surface area contributed by atoms with Gasteiger partial charge in [0.1, 0.15) is 0 Å². The zero-order chi connectivity index (χ0) is 12.8. The van der Waals surface area contributed by atoms with E-state index in [4.69, 9.17) is 9.84 Å². The summed E-state index contributed by atoms with van der Waals surface area (Å²) in [5, 5.41) is 8.73. The van der Waals surface area contributed by atoms with Crippen molar-refractivity contribution in [3.05, 3.63) is 34.3 Å². The third-order valence-electron chi connectivity index (χ3n) is 2.19. The van der Waals surface area contributed by atoms with Crippen molar-refractivity contribution < 1.29 is 19.4 Å². The highest BCUT2D eigenvalue weighted by molar-refractivity contribution is 9.10. The Morgan fingerprint density at radius 1 is 1.35 bits per heavy atom. The van der Waals surface area contributed by atoms with Gasteiger partial charge in [0.25, 0.3) is 0 Å². The second-order valence-electron chi connectivity index (χ2n) is 3.62. The molecule has 4 nitrogen and oxygen atoms in total. The third kappa shape index (κ3) is 4.28. The van der Waals surface area contributed by atoms with Crippen LogP contribution in [0, 0.1) is 5.92 Å². The van der Waals surface area contributed by atoms with Crippen LogP contribution < -0.4 is 0 Å². The molecule has 17 heavy (non-hydrogen) atoms. The number of benzene rings is 1. The lowest BCUT2D eigenvalue weighted by atomic mass is 10.1. The number of carbonyl (C=O) groups is 2. The molecule has 1 atom stereocenters. The SMILES string of the molecule is CC(CO)C(=O)OCC(=O)c1ccc(Br)cc1. The molecule has 0 bridgehead atoms. The highest BCUT2D eigenvalue weighted by Gasteiger charge is 2.15. The van der Waals surface area contributed by atoms with Crippen LogP contribution in [0.1, 0.15) is 17.3 Å². The maximum absolute atomic E-state index is 11.6. The van der Waals surface area contributed by atoms with Gasteiger partial charge in [0.05, 0.1) is 12.5 Å². The number of halogens is 1. The number of hydrogen-bond donors (Lipinski definition) is 1. The van der Waals surface area contributed by atoms with E-state index in [0.717, 1.165) is 4.47 Å². The predicted octanol–water partition coefficient (Wildman–Crippen LogP) is 1.80. The quantitative estimate of drug-likeness (QED) is 0.665. The molecular formula is C12H13BrO4. The standard InChI is InChI=1S/C12H13BrO4/c1-8(6-14)12(16)17-7-11(15)9-2-4-10(13)5-3-9/h2-5,8,14H,6-7H2,1H3. The molecule has 0 aliphatic carbocycles. The first-order chi connectivity index (χ1) is 8.04. The lowest BCUT2D eigenvalue weighted by molar-refractivity contribution is -0.147. The van der Waals surface area contributed by atoms with Crippen LogP contribution in [0.25, 0.3) is 0 Å². The predicted molar refractivity (Wildman–Crippen MR) is 65.7 cm³/mol. The van der Waals surface area contributed by atoms with Gasteiger partial charge in [-0.1, -0.05) is 28.1 Å². The summed E-state index contributed by atoms with van der Waals surface area (Å²) in [5.74, 6) is -1.44. The summed E-state index contributed by atoms with van der Waals surface area (Å²) in [5.41, 5.74) is 0.484. The summed E-state index contributed by atoms with van der Waals surface area (Å²) < 4.78 is 5.66. The van der Waals surface area contributed by atoms with Gasteiger partial charge in [-0.3, -0.25) is 9.59 Å². The maximum Gasteiger partial charge on any atom is 0.311 e. The van der Waals surface area contributed by atoms with E-state index in [2.05, 4.69) is 15.9 Å². The molecule has 0 amide bonds. The van der Waals surface area contributed by atoms with Gasteiger partial charge in [0.15, 0.2) is 12.4 Å². The summed E-state index contributed by atoms with van der Waals surface area (Å²) in [6.45, 7) is 0.947. The minimum absolute atomic E-state index is 0.268. The summed E-state index contributed by atoms with van der Waals surface area (Å²) in [4.78, 5) is 22.8. The van der Waals surface area contributed by atoms with Gasteiger partial charge < -0.3 is 9.84 Å². The number of ketones is 1. The van der Waals surface area contributed by atoms with E-state index in [1.54, 1.807) is 24.3 Å². The topological polar surface area (TPSA) is 63.6 Å². The molecule has 1 aromatic rings. The van der Waals surface area contributed by atoms with Crippen LogP contribution in [0.2, 0.25) is 0 Å². The van der Waals surface area contributed by atoms with Crippen molar-refractivity contribution in [3.63, 3.8) is 0 Å². The van der Waals surface area contributed by atoms with Gasteiger partial charge in [-0.05, 0) is 19.1 Å². The molecule has 1 rings (SSSR count).